The van der Waals surface area contributed by atoms with Crippen molar-refractivity contribution in [2.45, 2.75) is 27.0 Å². The zero-order valence-corrected chi connectivity index (χ0v) is 11.9. The smallest absolute Gasteiger partial charge is 0.161 e. The summed E-state index contributed by atoms with van der Waals surface area (Å²) < 4.78 is 13.0. The molecule has 2 rings (SSSR count). The van der Waals surface area contributed by atoms with Gasteiger partial charge in [-0.15, -0.1) is 0 Å². The van der Waals surface area contributed by atoms with Crippen LogP contribution in [0.1, 0.15) is 29.9 Å². The highest BCUT2D eigenvalue weighted by atomic mass is 16.5. The molecule has 5 nitrogen and oxygen atoms in total. The molecular weight excluding hydrogens is 256 g/mol. The number of carbonyl (C=O) groups is 1. The molecule has 0 radical (unpaired) electrons. The van der Waals surface area contributed by atoms with E-state index >= 15 is 0 Å². The van der Waals surface area contributed by atoms with Gasteiger partial charge < -0.3 is 14.0 Å². The van der Waals surface area contributed by atoms with Crippen LogP contribution in [-0.4, -0.2) is 22.4 Å². The molecule has 20 heavy (non-hydrogen) atoms. The lowest BCUT2D eigenvalue weighted by Gasteiger charge is -2.12. The average molecular weight is 274 g/mol. The molecule has 1 aromatic carbocycles. The number of benzene rings is 1. The molecule has 1 aromatic heterocycles. The Bertz CT molecular complexity index is 605. The van der Waals surface area contributed by atoms with Crippen LogP contribution in [0.25, 0.3) is 0 Å². The highest BCUT2D eigenvalue weighted by Crippen LogP contribution is 2.29. The van der Waals surface area contributed by atoms with Gasteiger partial charge in [-0.1, -0.05) is 0 Å². The summed E-state index contributed by atoms with van der Waals surface area (Å²) in [6.07, 6.45) is 3.55. The van der Waals surface area contributed by atoms with Gasteiger partial charge in [-0.05, 0) is 32.0 Å². The summed E-state index contributed by atoms with van der Waals surface area (Å²) in [4.78, 5) is 15.4. The molecule has 0 bridgehead atoms. The molecule has 0 aliphatic carbocycles. The van der Waals surface area contributed by atoms with E-state index in [4.69, 9.17) is 9.47 Å². The maximum atomic E-state index is 11.3. The van der Waals surface area contributed by atoms with Crippen molar-refractivity contribution in [2.75, 3.05) is 7.11 Å². The van der Waals surface area contributed by atoms with Crippen molar-refractivity contribution >= 4 is 5.78 Å². The molecular formula is C15H18N2O3. The number of hydrogen-bond donors (Lipinski definition) is 0. The lowest BCUT2D eigenvalue weighted by molar-refractivity contribution is 0.101. The van der Waals surface area contributed by atoms with E-state index in [1.165, 1.54) is 6.92 Å². The molecule has 0 unspecified atom stereocenters. The minimum Gasteiger partial charge on any atom is -0.493 e. The second-order valence-corrected chi connectivity index (χ2v) is 4.38. The van der Waals surface area contributed by atoms with Gasteiger partial charge in [-0.3, -0.25) is 4.79 Å². The largest absolute Gasteiger partial charge is 0.493 e. The standard InChI is InChI=1S/C15H18N2O3/c1-4-17-10-16-8-13(17)9-20-14-6-5-12(11(2)18)7-15(14)19-3/h5-8,10H,4,9H2,1-3H3. The third kappa shape index (κ3) is 2.99. The average Bonchev–Trinajstić information content (AvgIpc) is 2.92. The number of carbonyl (C=O) groups excluding carboxylic acids is 1. The van der Waals surface area contributed by atoms with Crippen molar-refractivity contribution in [2.24, 2.45) is 0 Å². The predicted molar refractivity (Wildman–Crippen MR) is 75.2 cm³/mol. The summed E-state index contributed by atoms with van der Waals surface area (Å²) >= 11 is 0. The first kappa shape index (κ1) is 14.1. The van der Waals surface area contributed by atoms with Crippen LogP contribution in [0.2, 0.25) is 0 Å². The quantitative estimate of drug-likeness (QED) is 0.760. The maximum absolute atomic E-state index is 11.3. The van der Waals surface area contributed by atoms with Gasteiger partial charge in [0.2, 0.25) is 0 Å². The monoisotopic (exact) mass is 274 g/mol. The Morgan fingerprint density at radius 3 is 2.80 bits per heavy atom. The van der Waals surface area contributed by atoms with Crippen LogP contribution in [0.5, 0.6) is 11.5 Å². The maximum Gasteiger partial charge on any atom is 0.161 e. The van der Waals surface area contributed by atoms with Crippen molar-refractivity contribution in [1.82, 2.24) is 9.55 Å². The van der Waals surface area contributed by atoms with E-state index < -0.39 is 0 Å². The Balaban J connectivity index is 2.15. The number of imidazole rings is 1. The number of aromatic nitrogens is 2. The summed E-state index contributed by atoms with van der Waals surface area (Å²) in [5.74, 6) is 1.17. The van der Waals surface area contributed by atoms with Crippen LogP contribution in [0.3, 0.4) is 0 Å². The van der Waals surface area contributed by atoms with Crippen molar-refractivity contribution in [3.05, 3.63) is 42.0 Å². The zero-order valence-electron chi connectivity index (χ0n) is 11.9. The van der Waals surface area contributed by atoms with Crippen molar-refractivity contribution in [3.63, 3.8) is 0 Å². The predicted octanol–water partition coefficient (Wildman–Crippen LogP) is 2.69. The van der Waals surface area contributed by atoms with Crippen molar-refractivity contribution in [1.29, 1.82) is 0 Å². The Morgan fingerprint density at radius 2 is 2.15 bits per heavy atom. The van der Waals surface area contributed by atoms with Gasteiger partial charge in [0, 0.05) is 12.1 Å². The number of ketones is 1. The highest BCUT2D eigenvalue weighted by molar-refractivity contribution is 5.94. The van der Waals surface area contributed by atoms with Crippen LogP contribution in [0, 0.1) is 0 Å². The molecule has 0 spiro atoms. The topological polar surface area (TPSA) is 53.4 Å². The SMILES string of the molecule is CCn1cncc1COc1ccc(C(C)=O)cc1OC. The molecule has 106 valence electrons. The summed E-state index contributed by atoms with van der Waals surface area (Å²) in [6, 6.07) is 5.17. The summed E-state index contributed by atoms with van der Waals surface area (Å²) in [7, 11) is 1.56. The minimum absolute atomic E-state index is 0.00101. The third-order valence-electron chi connectivity index (χ3n) is 3.08. The summed E-state index contributed by atoms with van der Waals surface area (Å²) in [5, 5.41) is 0. The summed E-state index contributed by atoms with van der Waals surface area (Å²) in [6.45, 7) is 4.82. The van der Waals surface area contributed by atoms with Gasteiger partial charge in [-0.2, -0.15) is 0 Å². The number of Topliss-reactive ketones (excluding diaryl/α,β-unsaturated/α-hetero) is 1. The minimum atomic E-state index is -0.00101. The van der Waals surface area contributed by atoms with E-state index in [1.54, 1.807) is 37.8 Å². The third-order valence-corrected chi connectivity index (χ3v) is 3.08. The van der Waals surface area contributed by atoms with Crippen molar-refractivity contribution in [3.8, 4) is 11.5 Å². The van der Waals surface area contributed by atoms with Gasteiger partial charge in [0.25, 0.3) is 0 Å². The van der Waals surface area contributed by atoms with Crippen LogP contribution < -0.4 is 9.47 Å². The van der Waals surface area contributed by atoms with Crippen LogP contribution in [0.4, 0.5) is 0 Å². The fourth-order valence-electron chi connectivity index (χ4n) is 1.91. The molecule has 0 fully saturated rings. The van der Waals surface area contributed by atoms with E-state index in [9.17, 15) is 4.79 Å². The molecule has 0 N–H and O–H groups in total. The van der Waals surface area contributed by atoms with Gasteiger partial charge in [0.15, 0.2) is 17.3 Å². The molecule has 0 atom stereocenters. The van der Waals surface area contributed by atoms with Gasteiger partial charge in [0.05, 0.1) is 25.3 Å². The van der Waals surface area contributed by atoms with Gasteiger partial charge in [-0.25, -0.2) is 4.98 Å². The van der Waals surface area contributed by atoms with E-state index in [2.05, 4.69) is 4.98 Å². The van der Waals surface area contributed by atoms with Gasteiger partial charge in [0.1, 0.15) is 6.61 Å². The molecule has 2 aromatic rings. The van der Waals surface area contributed by atoms with E-state index in [-0.39, 0.29) is 5.78 Å². The number of hydrogen-bond acceptors (Lipinski definition) is 4. The Hall–Kier alpha value is -2.30. The number of methoxy groups -OCH3 is 1. The van der Waals surface area contributed by atoms with Crippen LogP contribution in [-0.2, 0) is 13.2 Å². The van der Waals surface area contributed by atoms with E-state index in [1.807, 2.05) is 11.5 Å². The first-order valence-electron chi connectivity index (χ1n) is 6.46. The zero-order chi connectivity index (χ0) is 14.5. The fourth-order valence-corrected chi connectivity index (χ4v) is 1.91. The van der Waals surface area contributed by atoms with Gasteiger partial charge >= 0.3 is 0 Å². The number of aryl methyl sites for hydroxylation is 1. The second kappa shape index (κ2) is 6.23. The summed E-state index contributed by atoms with van der Waals surface area (Å²) in [5.41, 5.74) is 1.60. The Morgan fingerprint density at radius 1 is 1.35 bits per heavy atom. The van der Waals surface area contributed by atoms with Crippen molar-refractivity contribution < 1.29 is 14.3 Å². The van der Waals surface area contributed by atoms with E-state index in [0.717, 1.165) is 12.2 Å². The first-order chi connectivity index (χ1) is 9.65. The molecule has 5 heteroatoms. The second-order valence-electron chi connectivity index (χ2n) is 4.38. The molecule has 0 aliphatic heterocycles. The van der Waals surface area contributed by atoms with E-state index in [0.29, 0.717) is 23.7 Å². The fraction of sp³-hybridized carbons (Fsp3) is 0.333. The number of rotatable bonds is 6. The highest BCUT2D eigenvalue weighted by Gasteiger charge is 2.09. The lowest BCUT2D eigenvalue weighted by atomic mass is 10.1. The van der Waals surface area contributed by atoms with Crippen LogP contribution >= 0.6 is 0 Å². The molecule has 0 saturated carbocycles. The normalized spacial score (nSPS) is 10.3. The number of nitrogens with zero attached hydrogens (tertiary/aromatic N) is 2. The van der Waals surface area contributed by atoms with Crippen LogP contribution in [0.15, 0.2) is 30.7 Å². The molecule has 0 amide bonds. The lowest BCUT2D eigenvalue weighted by Crippen LogP contribution is -2.05. The Kier molecular flexibility index (Phi) is 4.40. The number of ether oxygens (including phenoxy) is 2. The Labute approximate surface area is 118 Å². The molecule has 0 saturated heterocycles. The first-order valence-corrected chi connectivity index (χ1v) is 6.46. The molecule has 1 heterocycles. The molecule has 0 aliphatic rings.